The summed E-state index contributed by atoms with van der Waals surface area (Å²) in [6.07, 6.45) is 0. The van der Waals surface area contributed by atoms with E-state index >= 15 is 0 Å². The third-order valence-corrected chi connectivity index (χ3v) is 2.64. The molecule has 0 aromatic carbocycles. The number of hydrogen-bond donors (Lipinski definition) is 2. The summed E-state index contributed by atoms with van der Waals surface area (Å²) < 4.78 is 10.4. The molecule has 1 aliphatic heterocycles. The Hall–Kier alpha value is -1.47. The highest BCUT2D eigenvalue weighted by Gasteiger charge is 2.34. The van der Waals surface area contributed by atoms with Crippen molar-refractivity contribution in [1.29, 1.82) is 0 Å². The Morgan fingerprint density at radius 3 is 2.94 bits per heavy atom. The molecule has 0 saturated carbocycles. The zero-order valence-corrected chi connectivity index (χ0v) is 9.90. The van der Waals surface area contributed by atoms with E-state index in [1.807, 2.05) is 6.92 Å². The van der Waals surface area contributed by atoms with E-state index in [1.165, 1.54) is 0 Å². The maximum absolute atomic E-state index is 12.0. The Bertz CT molecular complexity index is 393. The maximum atomic E-state index is 12.0. The molecule has 2 N–H and O–H groups in total. The van der Waals surface area contributed by atoms with Gasteiger partial charge in [0, 0.05) is 13.0 Å². The Morgan fingerprint density at radius 2 is 2.29 bits per heavy atom. The zero-order valence-electron chi connectivity index (χ0n) is 9.90. The van der Waals surface area contributed by atoms with Gasteiger partial charge >= 0.3 is 6.01 Å². The molecule has 0 aliphatic carbocycles. The van der Waals surface area contributed by atoms with Crippen LogP contribution in [-0.4, -0.2) is 41.9 Å². The first-order valence-electron chi connectivity index (χ1n) is 5.62. The molecular formula is C10H16N4O3. The van der Waals surface area contributed by atoms with E-state index in [2.05, 4.69) is 20.8 Å². The van der Waals surface area contributed by atoms with Crippen LogP contribution in [0.2, 0.25) is 0 Å². The smallest absolute Gasteiger partial charge is 0.322 e. The first-order valence-corrected chi connectivity index (χ1v) is 5.62. The van der Waals surface area contributed by atoms with Gasteiger partial charge in [0.1, 0.15) is 0 Å². The molecule has 0 bridgehead atoms. The van der Waals surface area contributed by atoms with Crippen LogP contribution in [0.15, 0.2) is 4.42 Å². The van der Waals surface area contributed by atoms with Crippen LogP contribution in [0.1, 0.15) is 12.8 Å². The molecule has 1 aliphatic rings. The molecule has 17 heavy (non-hydrogen) atoms. The van der Waals surface area contributed by atoms with Gasteiger partial charge in [-0.2, -0.15) is 0 Å². The standard InChI is InChI=1S/C10H16N4O3/c1-3-11-8-5-16-4-7(8)9(15)12-10-14-13-6(2)17-10/h7-8,11H,3-5H2,1-2H3,(H,12,14,15). The molecule has 7 heteroatoms. The van der Waals surface area contributed by atoms with Crippen LogP contribution in [0.3, 0.4) is 0 Å². The number of amides is 1. The van der Waals surface area contributed by atoms with Gasteiger partial charge in [-0.3, -0.25) is 10.1 Å². The van der Waals surface area contributed by atoms with Crippen LogP contribution in [0.5, 0.6) is 0 Å². The summed E-state index contributed by atoms with van der Waals surface area (Å²) in [5, 5.41) is 13.2. The highest BCUT2D eigenvalue weighted by Crippen LogP contribution is 2.16. The number of anilines is 1. The summed E-state index contributed by atoms with van der Waals surface area (Å²) in [6, 6.07) is 0.179. The summed E-state index contributed by atoms with van der Waals surface area (Å²) in [4.78, 5) is 12.0. The molecule has 7 nitrogen and oxygen atoms in total. The van der Waals surface area contributed by atoms with Crippen LogP contribution < -0.4 is 10.6 Å². The SMILES string of the molecule is CCNC1COCC1C(=O)Nc1nnc(C)o1. The number of rotatable bonds is 4. The van der Waals surface area contributed by atoms with Gasteiger partial charge in [0.2, 0.25) is 11.8 Å². The molecule has 94 valence electrons. The number of nitrogens with zero attached hydrogens (tertiary/aromatic N) is 2. The molecule has 2 heterocycles. The molecule has 2 rings (SSSR count). The number of carbonyl (C=O) groups is 1. The Kier molecular flexibility index (Phi) is 3.70. The van der Waals surface area contributed by atoms with Gasteiger partial charge in [-0.05, 0) is 6.54 Å². The van der Waals surface area contributed by atoms with Gasteiger partial charge in [0.15, 0.2) is 0 Å². The summed E-state index contributed by atoms with van der Waals surface area (Å²) in [5.41, 5.74) is 0. The second kappa shape index (κ2) is 5.24. The molecular weight excluding hydrogens is 224 g/mol. The lowest BCUT2D eigenvalue weighted by Crippen LogP contribution is -2.41. The van der Waals surface area contributed by atoms with Crippen LogP contribution in [0, 0.1) is 12.8 Å². The molecule has 0 radical (unpaired) electrons. The van der Waals surface area contributed by atoms with Crippen LogP contribution in [0.25, 0.3) is 0 Å². The molecule has 0 spiro atoms. The summed E-state index contributed by atoms with van der Waals surface area (Å²) >= 11 is 0. The van der Waals surface area contributed by atoms with Crippen molar-refractivity contribution in [2.24, 2.45) is 5.92 Å². The minimum atomic E-state index is -0.220. The lowest BCUT2D eigenvalue weighted by atomic mass is 10.0. The third kappa shape index (κ3) is 2.80. The first kappa shape index (κ1) is 12.0. The topological polar surface area (TPSA) is 89.3 Å². The normalized spacial score (nSPS) is 23.9. The quantitative estimate of drug-likeness (QED) is 0.766. The second-order valence-corrected chi connectivity index (χ2v) is 3.92. The predicted molar refractivity (Wildman–Crippen MR) is 59.4 cm³/mol. The molecule has 2 unspecified atom stereocenters. The minimum Gasteiger partial charge on any atom is -0.408 e. The lowest BCUT2D eigenvalue weighted by molar-refractivity contribution is -0.120. The monoisotopic (exact) mass is 240 g/mol. The number of carbonyl (C=O) groups excluding carboxylic acids is 1. The Labute approximate surface area is 98.9 Å². The van der Waals surface area contributed by atoms with E-state index in [1.54, 1.807) is 6.92 Å². The van der Waals surface area contributed by atoms with Crippen molar-refractivity contribution in [3.8, 4) is 0 Å². The zero-order chi connectivity index (χ0) is 12.3. The van der Waals surface area contributed by atoms with E-state index in [9.17, 15) is 4.79 Å². The molecule has 2 atom stereocenters. The molecule has 1 fully saturated rings. The molecule has 1 aromatic rings. The molecule has 1 aromatic heterocycles. The fourth-order valence-corrected chi connectivity index (χ4v) is 1.82. The van der Waals surface area contributed by atoms with E-state index in [0.29, 0.717) is 19.1 Å². The van der Waals surface area contributed by atoms with Crippen molar-refractivity contribution in [1.82, 2.24) is 15.5 Å². The first-order chi connectivity index (χ1) is 8.20. The lowest BCUT2D eigenvalue weighted by Gasteiger charge is -2.16. The summed E-state index contributed by atoms with van der Waals surface area (Å²) in [5.74, 6) is 0.0467. The predicted octanol–water partition coefficient (Wildman–Crippen LogP) is -0.0590. The third-order valence-electron chi connectivity index (χ3n) is 2.64. The number of aryl methyl sites for hydroxylation is 1. The van der Waals surface area contributed by atoms with Crippen molar-refractivity contribution in [3.63, 3.8) is 0 Å². The average molecular weight is 240 g/mol. The van der Waals surface area contributed by atoms with Gasteiger partial charge in [-0.1, -0.05) is 12.0 Å². The van der Waals surface area contributed by atoms with Crippen LogP contribution in [0.4, 0.5) is 6.01 Å². The van der Waals surface area contributed by atoms with Crippen molar-refractivity contribution in [3.05, 3.63) is 5.89 Å². The number of aromatic nitrogens is 2. The van der Waals surface area contributed by atoms with Crippen LogP contribution >= 0.6 is 0 Å². The molecule has 1 saturated heterocycles. The number of nitrogens with one attached hydrogen (secondary N) is 2. The van der Waals surface area contributed by atoms with E-state index < -0.39 is 0 Å². The van der Waals surface area contributed by atoms with E-state index in [0.717, 1.165) is 6.54 Å². The van der Waals surface area contributed by atoms with E-state index in [-0.39, 0.29) is 23.9 Å². The Morgan fingerprint density at radius 1 is 1.47 bits per heavy atom. The fraction of sp³-hybridized carbons (Fsp3) is 0.700. The van der Waals surface area contributed by atoms with Crippen molar-refractivity contribution < 1.29 is 13.9 Å². The van der Waals surface area contributed by atoms with Crippen molar-refractivity contribution in [2.75, 3.05) is 25.1 Å². The number of likely N-dealkylation sites (N-methyl/N-ethyl adjacent to an activating group) is 1. The van der Waals surface area contributed by atoms with E-state index in [4.69, 9.17) is 9.15 Å². The van der Waals surface area contributed by atoms with Crippen molar-refractivity contribution >= 4 is 11.9 Å². The number of ether oxygens (including phenoxy) is 1. The van der Waals surface area contributed by atoms with Gasteiger partial charge in [-0.15, -0.1) is 5.10 Å². The summed E-state index contributed by atoms with van der Waals surface area (Å²) in [7, 11) is 0. The fourth-order valence-electron chi connectivity index (χ4n) is 1.82. The Balaban J connectivity index is 1.95. The van der Waals surface area contributed by atoms with Crippen LogP contribution in [-0.2, 0) is 9.53 Å². The van der Waals surface area contributed by atoms with Gasteiger partial charge in [-0.25, -0.2) is 0 Å². The molecule has 1 amide bonds. The number of hydrogen-bond acceptors (Lipinski definition) is 6. The average Bonchev–Trinajstić information content (AvgIpc) is 2.88. The maximum Gasteiger partial charge on any atom is 0.322 e. The highest BCUT2D eigenvalue weighted by molar-refractivity contribution is 5.91. The second-order valence-electron chi connectivity index (χ2n) is 3.92. The van der Waals surface area contributed by atoms with Gasteiger partial charge in [0.05, 0.1) is 19.1 Å². The van der Waals surface area contributed by atoms with Gasteiger partial charge in [0.25, 0.3) is 0 Å². The minimum absolute atomic E-state index is 0.0454. The van der Waals surface area contributed by atoms with Gasteiger partial charge < -0.3 is 14.5 Å². The summed E-state index contributed by atoms with van der Waals surface area (Å²) in [6.45, 7) is 5.43. The van der Waals surface area contributed by atoms with Crippen molar-refractivity contribution in [2.45, 2.75) is 19.9 Å². The largest absolute Gasteiger partial charge is 0.408 e. The highest BCUT2D eigenvalue weighted by atomic mass is 16.5.